The molecule has 0 aliphatic carbocycles. The van der Waals surface area contributed by atoms with Gasteiger partial charge in [-0.05, 0) is 71.1 Å². The van der Waals surface area contributed by atoms with Gasteiger partial charge in [-0.2, -0.15) is 0 Å². The van der Waals surface area contributed by atoms with Crippen LogP contribution in [0.4, 0.5) is 4.39 Å². The Morgan fingerprint density at radius 2 is 1.90 bits per heavy atom. The molecule has 112 valence electrons. The first-order valence-electron chi connectivity index (χ1n) is 6.97. The molecule has 2 nitrogen and oxygen atoms in total. The Morgan fingerprint density at radius 3 is 2.52 bits per heavy atom. The van der Waals surface area contributed by atoms with Crippen molar-refractivity contribution in [1.29, 1.82) is 0 Å². The summed E-state index contributed by atoms with van der Waals surface area (Å²) in [6.45, 7) is 4.01. The van der Waals surface area contributed by atoms with Crippen LogP contribution in [-0.4, -0.2) is 6.04 Å². The number of ether oxygens (including phenoxy) is 1. The van der Waals surface area contributed by atoms with E-state index >= 15 is 0 Å². The van der Waals surface area contributed by atoms with E-state index in [1.54, 1.807) is 6.07 Å². The quantitative estimate of drug-likeness (QED) is 0.825. The number of aryl methyl sites for hydroxylation is 1. The lowest BCUT2D eigenvalue weighted by atomic mass is 10.0. The predicted octanol–water partition coefficient (Wildman–Crippen LogP) is 4.97. The van der Waals surface area contributed by atoms with E-state index in [4.69, 9.17) is 10.5 Å². The molecule has 0 saturated heterocycles. The van der Waals surface area contributed by atoms with Crippen molar-refractivity contribution in [3.8, 4) is 11.5 Å². The van der Waals surface area contributed by atoms with Gasteiger partial charge < -0.3 is 10.5 Å². The second kappa shape index (κ2) is 7.05. The summed E-state index contributed by atoms with van der Waals surface area (Å²) in [6.07, 6.45) is 1.54. The molecule has 0 bridgehead atoms. The number of benzene rings is 2. The summed E-state index contributed by atoms with van der Waals surface area (Å²) in [5.41, 5.74) is 7.89. The normalized spacial score (nSPS) is 12.2. The van der Waals surface area contributed by atoms with Crippen LogP contribution in [-0.2, 0) is 6.42 Å². The van der Waals surface area contributed by atoms with Gasteiger partial charge in [0.2, 0.25) is 0 Å². The number of halogens is 2. The van der Waals surface area contributed by atoms with Gasteiger partial charge in [-0.15, -0.1) is 0 Å². The van der Waals surface area contributed by atoms with Gasteiger partial charge in [0.15, 0.2) is 11.6 Å². The van der Waals surface area contributed by atoms with E-state index in [1.165, 1.54) is 6.07 Å². The molecule has 0 aliphatic heterocycles. The molecule has 0 heterocycles. The van der Waals surface area contributed by atoms with Crippen molar-refractivity contribution in [2.75, 3.05) is 0 Å². The third-order valence-electron chi connectivity index (χ3n) is 3.33. The highest BCUT2D eigenvalue weighted by molar-refractivity contribution is 9.10. The minimum Gasteiger partial charge on any atom is -0.453 e. The van der Waals surface area contributed by atoms with Crippen LogP contribution < -0.4 is 10.5 Å². The third kappa shape index (κ3) is 4.29. The van der Waals surface area contributed by atoms with Crippen LogP contribution in [0.5, 0.6) is 11.5 Å². The van der Waals surface area contributed by atoms with Crippen LogP contribution in [0.3, 0.4) is 0 Å². The fourth-order valence-corrected chi connectivity index (χ4v) is 2.58. The highest BCUT2D eigenvalue weighted by atomic mass is 79.9. The SMILES string of the molecule is CCC(N)Cc1ccc(Oc2ccc(C)cc2Br)c(F)c1. The Balaban J connectivity index is 2.17. The maximum Gasteiger partial charge on any atom is 0.165 e. The third-order valence-corrected chi connectivity index (χ3v) is 3.95. The van der Waals surface area contributed by atoms with Gasteiger partial charge in [0.25, 0.3) is 0 Å². The second-order valence-electron chi connectivity index (χ2n) is 5.17. The standard InChI is InChI=1S/C17H19BrFNO/c1-3-13(20)9-12-5-7-17(15(19)10-12)21-16-6-4-11(2)8-14(16)18/h4-8,10,13H,3,9,20H2,1-2H3. The van der Waals surface area contributed by atoms with E-state index in [0.29, 0.717) is 12.2 Å². The van der Waals surface area contributed by atoms with Gasteiger partial charge in [0.1, 0.15) is 5.75 Å². The zero-order chi connectivity index (χ0) is 15.4. The number of rotatable bonds is 5. The minimum absolute atomic E-state index is 0.0578. The monoisotopic (exact) mass is 351 g/mol. The Hall–Kier alpha value is -1.39. The molecule has 2 aromatic rings. The molecule has 21 heavy (non-hydrogen) atoms. The number of hydrogen-bond donors (Lipinski definition) is 1. The van der Waals surface area contributed by atoms with Crippen molar-refractivity contribution in [1.82, 2.24) is 0 Å². The van der Waals surface area contributed by atoms with Crippen molar-refractivity contribution < 1.29 is 9.13 Å². The molecule has 0 aliphatic rings. The van der Waals surface area contributed by atoms with Crippen molar-refractivity contribution in [3.63, 3.8) is 0 Å². The van der Waals surface area contributed by atoms with E-state index in [-0.39, 0.29) is 17.6 Å². The Labute approximate surface area is 133 Å². The van der Waals surface area contributed by atoms with Crippen LogP contribution in [0.15, 0.2) is 40.9 Å². The molecule has 0 amide bonds. The molecule has 0 aromatic heterocycles. The highest BCUT2D eigenvalue weighted by Gasteiger charge is 2.10. The summed E-state index contributed by atoms with van der Waals surface area (Å²) in [6, 6.07) is 10.7. The van der Waals surface area contributed by atoms with Gasteiger partial charge in [-0.3, -0.25) is 0 Å². The van der Waals surface area contributed by atoms with Gasteiger partial charge in [-0.1, -0.05) is 19.1 Å². The minimum atomic E-state index is -0.372. The lowest BCUT2D eigenvalue weighted by Crippen LogP contribution is -2.21. The fraction of sp³-hybridized carbons (Fsp3) is 0.294. The van der Waals surface area contributed by atoms with Crippen molar-refractivity contribution in [2.45, 2.75) is 32.7 Å². The highest BCUT2D eigenvalue weighted by Crippen LogP contribution is 2.32. The molecule has 0 fully saturated rings. The maximum atomic E-state index is 14.1. The van der Waals surface area contributed by atoms with E-state index in [1.807, 2.05) is 38.1 Å². The van der Waals surface area contributed by atoms with E-state index < -0.39 is 0 Å². The molecule has 0 spiro atoms. The Bertz CT molecular complexity index is 630. The summed E-state index contributed by atoms with van der Waals surface area (Å²) in [5, 5.41) is 0. The maximum absolute atomic E-state index is 14.1. The zero-order valence-electron chi connectivity index (χ0n) is 12.2. The first-order valence-corrected chi connectivity index (χ1v) is 7.77. The Morgan fingerprint density at radius 1 is 1.19 bits per heavy atom. The van der Waals surface area contributed by atoms with Gasteiger partial charge in [0.05, 0.1) is 4.47 Å². The molecule has 4 heteroatoms. The summed E-state index contributed by atoms with van der Waals surface area (Å²) in [7, 11) is 0. The molecule has 1 unspecified atom stereocenters. The van der Waals surface area contributed by atoms with Crippen LogP contribution in [0.1, 0.15) is 24.5 Å². The molecule has 2 rings (SSSR count). The van der Waals surface area contributed by atoms with E-state index in [0.717, 1.165) is 22.0 Å². The smallest absolute Gasteiger partial charge is 0.165 e. The van der Waals surface area contributed by atoms with Crippen molar-refractivity contribution in [3.05, 3.63) is 57.8 Å². The summed E-state index contributed by atoms with van der Waals surface area (Å²) >= 11 is 3.42. The average molecular weight is 352 g/mol. The van der Waals surface area contributed by atoms with E-state index in [9.17, 15) is 4.39 Å². The van der Waals surface area contributed by atoms with Gasteiger partial charge in [0, 0.05) is 6.04 Å². The second-order valence-corrected chi connectivity index (χ2v) is 6.03. The molecule has 0 radical (unpaired) electrons. The molecular formula is C17H19BrFNO. The number of hydrogen-bond acceptors (Lipinski definition) is 2. The summed E-state index contributed by atoms with van der Waals surface area (Å²) in [4.78, 5) is 0. The molecule has 0 saturated carbocycles. The lowest BCUT2D eigenvalue weighted by molar-refractivity contribution is 0.439. The van der Waals surface area contributed by atoms with E-state index in [2.05, 4.69) is 15.9 Å². The fourth-order valence-electron chi connectivity index (χ4n) is 2.01. The van der Waals surface area contributed by atoms with Crippen LogP contribution in [0, 0.1) is 12.7 Å². The van der Waals surface area contributed by atoms with Gasteiger partial charge in [-0.25, -0.2) is 4.39 Å². The average Bonchev–Trinajstić information content (AvgIpc) is 2.44. The molecular weight excluding hydrogens is 333 g/mol. The lowest BCUT2D eigenvalue weighted by Gasteiger charge is -2.12. The summed E-state index contributed by atoms with van der Waals surface area (Å²) < 4.78 is 20.6. The summed E-state index contributed by atoms with van der Waals surface area (Å²) in [5.74, 6) is 0.439. The molecule has 2 aromatic carbocycles. The Kier molecular flexibility index (Phi) is 5.37. The van der Waals surface area contributed by atoms with Crippen LogP contribution in [0.2, 0.25) is 0 Å². The molecule has 1 atom stereocenters. The van der Waals surface area contributed by atoms with Crippen molar-refractivity contribution in [2.24, 2.45) is 5.73 Å². The topological polar surface area (TPSA) is 35.2 Å². The zero-order valence-corrected chi connectivity index (χ0v) is 13.8. The van der Waals surface area contributed by atoms with Gasteiger partial charge >= 0.3 is 0 Å². The molecule has 2 N–H and O–H groups in total. The largest absolute Gasteiger partial charge is 0.453 e. The first kappa shape index (κ1) is 16.0. The van der Waals surface area contributed by atoms with Crippen LogP contribution in [0.25, 0.3) is 0 Å². The van der Waals surface area contributed by atoms with Crippen LogP contribution >= 0.6 is 15.9 Å². The first-order chi connectivity index (χ1) is 9.99. The number of nitrogens with two attached hydrogens (primary N) is 1. The van der Waals surface area contributed by atoms with Crippen molar-refractivity contribution >= 4 is 15.9 Å². The predicted molar refractivity (Wildman–Crippen MR) is 87.3 cm³/mol.